The van der Waals surface area contributed by atoms with Gasteiger partial charge in [0, 0.05) is 6.54 Å². The van der Waals surface area contributed by atoms with Gasteiger partial charge in [0.25, 0.3) is 5.91 Å². The van der Waals surface area contributed by atoms with Crippen LogP contribution in [0.4, 0.5) is 5.95 Å². The number of aromatic nitrogens is 3. The van der Waals surface area contributed by atoms with Crippen LogP contribution in [0.3, 0.4) is 0 Å². The summed E-state index contributed by atoms with van der Waals surface area (Å²) in [6.07, 6.45) is 2.47. The summed E-state index contributed by atoms with van der Waals surface area (Å²) in [6.45, 7) is 0.605. The van der Waals surface area contributed by atoms with Gasteiger partial charge in [0.05, 0.1) is 22.4 Å². The molecule has 1 aliphatic heterocycles. The van der Waals surface area contributed by atoms with Crippen LogP contribution in [-0.4, -0.2) is 27.0 Å². The lowest BCUT2D eigenvalue weighted by Crippen LogP contribution is -2.22. The Kier molecular flexibility index (Phi) is 3.14. The Morgan fingerprint density at radius 2 is 2.26 bits per heavy atom. The quantitative estimate of drug-likeness (QED) is 0.698. The average Bonchev–Trinajstić information content (AvgIpc) is 2.87. The zero-order valence-electron chi connectivity index (χ0n) is 9.78. The molecule has 19 heavy (non-hydrogen) atoms. The first-order valence-electron chi connectivity index (χ1n) is 5.72. The van der Waals surface area contributed by atoms with E-state index < -0.39 is 0 Å². The number of amides is 1. The number of H-pyrrole nitrogens is 1. The van der Waals surface area contributed by atoms with Crippen molar-refractivity contribution in [3.63, 3.8) is 0 Å². The fraction of sp³-hybridized carbons (Fsp3) is 0.273. The summed E-state index contributed by atoms with van der Waals surface area (Å²) in [5.41, 5.74) is 7.13. The van der Waals surface area contributed by atoms with Crippen molar-refractivity contribution in [1.82, 2.24) is 19.9 Å². The Hall–Kier alpha value is -1.28. The van der Waals surface area contributed by atoms with E-state index in [1.807, 2.05) is 4.57 Å². The van der Waals surface area contributed by atoms with E-state index in [0.29, 0.717) is 18.2 Å². The van der Waals surface area contributed by atoms with Gasteiger partial charge >= 0.3 is 0 Å². The zero-order chi connectivity index (χ0) is 13.6. The van der Waals surface area contributed by atoms with E-state index in [2.05, 4.69) is 47.1 Å². The van der Waals surface area contributed by atoms with Gasteiger partial charge in [-0.25, -0.2) is 4.98 Å². The number of nitrogens with zero attached hydrogens (tertiary/aromatic N) is 2. The minimum Gasteiger partial charge on any atom is -0.369 e. The van der Waals surface area contributed by atoms with Crippen molar-refractivity contribution in [3.05, 3.63) is 32.7 Å². The van der Waals surface area contributed by atoms with Crippen LogP contribution in [0.15, 0.2) is 21.3 Å². The fourth-order valence-electron chi connectivity index (χ4n) is 2.31. The molecule has 0 fully saturated rings. The lowest BCUT2D eigenvalue weighted by molar-refractivity contribution is 0.0951. The van der Waals surface area contributed by atoms with Crippen LogP contribution < -0.4 is 11.1 Å². The number of rotatable bonds is 1. The number of hydrogen-bond acceptors (Lipinski definition) is 3. The Bertz CT molecular complexity index is 648. The first kappa shape index (κ1) is 12.7. The number of carbonyl (C=O) groups is 1. The molecular weight excluding hydrogens is 378 g/mol. The van der Waals surface area contributed by atoms with Crippen LogP contribution in [0.5, 0.6) is 0 Å². The van der Waals surface area contributed by atoms with Gasteiger partial charge in [-0.1, -0.05) is 0 Å². The van der Waals surface area contributed by atoms with Crippen molar-refractivity contribution in [2.45, 2.75) is 12.5 Å². The Morgan fingerprint density at radius 1 is 1.47 bits per heavy atom. The summed E-state index contributed by atoms with van der Waals surface area (Å²) in [5.74, 6) is 0.295. The monoisotopic (exact) mass is 387 g/mol. The minimum atomic E-state index is -0.0820. The molecule has 1 atom stereocenters. The van der Waals surface area contributed by atoms with Crippen molar-refractivity contribution >= 4 is 43.7 Å². The molecule has 0 bridgehead atoms. The summed E-state index contributed by atoms with van der Waals surface area (Å²) in [7, 11) is 0. The smallest absolute Gasteiger partial charge is 0.268 e. The van der Waals surface area contributed by atoms with Crippen LogP contribution in [0.2, 0.25) is 0 Å². The third-order valence-electron chi connectivity index (χ3n) is 3.15. The molecule has 100 valence electrons. The Balaban J connectivity index is 2.16. The minimum absolute atomic E-state index is 0.0144. The second-order valence-corrected chi connectivity index (χ2v) is 5.93. The van der Waals surface area contributed by atoms with Crippen molar-refractivity contribution in [2.75, 3.05) is 12.3 Å². The second-order valence-electron chi connectivity index (χ2n) is 4.32. The lowest BCUT2D eigenvalue weighted by atomic mass is 10.1. The fourth-order valence-corrected chi connectivity index (χ4v) is 3.27. The number of nitrogens with two attached hydrogens (primary N) is 1. The number of halogens is 2. The predicted molar refractivity (Wildman–Crippen MR) is 77.9 cm³/mol. The zero-order valence-corrected chi connectivity index (χ0v) is 13.0. The third-order valence-corrected chi connectivity index (χ3v) is 5.10. The number of hydrogen-bond donors (Lipinski definition) is 3. The highest BCUT2D eigenvalue weighted by molar-refractivity contribution is 9.13. The number of nitrogen functional groups attached to an aromatic ring is 1. The molecule has 0 saturated carbocycles. The van der Waals surface area contributed by atoms with Crippen LogP contribution in [-0.2, 0) is 0 Å². The van der Waals surface area contributed by atoms with E-state index in [0.717, 1.165) is 21.2 Å². The number of fused-ring (bicyclic) bond motifs is 1. The molecule has 0 spiro atoms. The van der Waals surface area contributed by atoms with Crippen molar-refractivity contribution in [1.29, 1.82) is 0 Å². The van der Waals surface area contributed by atoms with Gasteiger partial charge in [-0.2, -0.15) is 0 Å². The van der Waals surface area contributed by atoms with Crippen molar-refractivity contribution in [3.8, 4) is 0 Å². The summed E-state index contributed by atoms with van der Waals surface area (Å²) in [4.78, 5) is 19.1. The largest absolute Gasteiger partial charge is 0.369 e. The van der Waals surface area contributed by atoms with Crippen LogP contribution >= 0.6 is 31.9 Å². The van der Waals surface area contributed by atoms with Crippen molar-refractivity contribution < 1.29 is 4.79 Å². The summed E-state index contributed by atoms with van der Waals surface area (Å²) in [5, 5.41) is 2.88. The van der Waals surface area contributed by atoms with Gasteiger partial charge in [-0.15, -0.1) is 0 Å². The summed E-state index contributed by atoms with van der Waals surface area (Å²) in [6, 6.07) is 1.79. The molecule has 0 radical (unpaired) electrons. The average molecular weight is 389 g/mol. The molecule has 2 aromatic rings. The molecule has 1 unspecified atom stereocenters. The van der Waals surface area contributed by atoms with Crippen molar-refractivity contribution in [2.24, 2.45) is 0 Å². The molecule has 0 aliphatic carbocycles. The predicted octanol–water partition coefficient (Wildman–Crippen LogP) is 2.04. The molecule has 6 nitrogen and oxygen atoms in total. The van der Waals surface area contributed by atoms with E-state index in [4.69, 9.17) is 5.73 Å². The van der Waals surface area contributed by atoms with E-state index >= 15 is 0 Å². The lowest BCUT2D eigenvalue weighted by Gasteiger charge is -2.18. The molecule has 1 aliphatic rings. The first-order valence-corrected chi connectivity index (χ1v) is 7.31. The molecular formula is C11H11Br2N5O. The summed E-state index contributed by atoms with van der Waals surface area (Å²) < 4.78 is 3.62. The standard InChI is InChI=1S/C11H11Br2N5O/c12-5-3-8-10(19)15-2-1-7(18(8)9(5)13)6-4-16-11(14)17-6/h3-4,7H,1-2H2,(H,15,19)(H3,14,16,17). The van der Waals surface area contributed by atoms with Gasteiger partial charge < -0.3 is 20.6 Å². The third kappa shape index (κ3) is 2.08. The number of anilines is 1. The SMILES string of the molecule is Nc1ncc(C2CCNC(=O)c3cc(Br)c(Br)n32)[nH]1. The van der Waals surface area contributed by atoms with E-state index in [1.165, 1.54) is 0 Å². The maximum absolute atomic E-state index is 12.0. The number of aromatic amines is 1. The maximum Gasteiger partial charge on any atom is 0.268 e. The van der Waals surface area contributed by atoms with Crippen LogP contribution in [0.1, 0.15) is 28.6 Å². The normalized spacial score (nSPS) is 18.8. The van der Waals surface area contributed by atoms with Gasteiger partial charge in [0.2, 0.25) is 0 Å². The van der Waals surface area contributed by atoms with E-state index in [1.54, 1.807) is 12.3 Å². The molecule has 2 aromatic heterocycles. The van der Waals surface area contributed by atoms with Crippen LogP contribution in [0, 0.1) is 0 Å². The van der Waals surface area contributed by atoms with Gasteiger partial charge in [0.1, 0.15) is 10.3 Å². The van der Waals surface area contributed by atoms with E-state index in [-0.39, 0.29) is 11.9 Å². The topological polar surface area (TPSA) is 88.7 Å². The molecule has 8 heteroatoms. The number of imidazole rings is 1. The molecule has 3 heterocycles. The summed E-state index contributed by atoms with van der Waals surface area (Å²) >= 11 is 6.95. The van der Waals surface area contributed by atoms with Gasteiger partial charge in [-0.05, 0) is 44.3 Å². The number of carbonyl (C=O) groups excluding carboxylic acids is 1. The highest BCUT2D eigenvalue weighted by atomic mass is 79.9. The van der Waals surface area contributed by atoms with Gasteiger partial charge in [0.15, 0.2) is 5.95 Å². The first-order chi connectivity index (χ1) is 9.08. The second kappa shape index (κ2) is 4.68. The Labute approximate surface area is 126 Å². The van der Waals surface area contributed by atoms with Crippen LogP contribution in [0.25, 0.3) is 0 Å². The highest BCUT2D eigenvalue weighted by Gasteiger charge is 2.28. The highest BCUT2D eigenvalue weighted by Crippen LogP contribution is 2.35. The van der Waals surface area contributed by atoms with Gasteiger partial charge in [-0.3, -0.25) is 4.79 Å². The Morgan fingerprint density at radius 3 is 2.95 bits per heavy atom. The molecule has 3 rings (SSSR count). The molecule has 0 aromatic carbocycles. The number of nitrogens with one attached hydrogen (secondary N) is 2. The maximum atomic E-state index is 12.0. The molecule has 0 saturated heterocycles. The molecule has 1 amide bonds. The van der Waals surface area contributed by atoms with E-state index in [9.17, 15) is 4.79 Å². The molecule has 4 N–H and O–H groups in total.